The summed E-state index contributed by atoms with van der Waals surface area (Å²) in [4.78, 5) is 22.1. The van der Waals surface area contributed by atoms with Gasteiger partial charge in [-0.25, -0.2) is 4.98 Å². The first-order valence-electron chi connectivity index (χ1n) is 6.45. The maximum Gasteiger partial charge on any atom is 0.275 e. The van der Waals surface area contributed by atoms with E-state index in [0.29, 0.717) is 13.1 Å². The Bertz CT molecular complexity index is 652. The molecule has 1 atom stereocenters. The first kappa shape index (κ1) is 14.1. The van der Waals surface area contributed by atoms with Gasteiger partial charge < -0.3 is 10.1 Å². The maximum absolute atomic E-state index is 12.5. The first-order chi connectivity index (χ1) is 10.2. The smallest absolute Gasteiger partial charge is 0.275 e. The van der Waals surface area contributed by atoms with Crippen molar-refractivity contribution in [3.05, 3.63) is 58.6 Å². The van der Waals surface area contributed by atoms with E-state index in [1.807, 2.05) is 24.3 Å². The van der Waals surface area contributed by atoms with Gasteiger partial charge in [-0.2, -0.15) is 5.06 Å². The number of hydrogen-bond acceptors (Lipinski definition) is 5. The van der Waals surface area contributed by atoms with Gasteiger partial charge in [0.2, 0.25) is 0 Å². The number of carbonyl (C=O) groups is 1. The summed E-state index contributed by atoms with van der Waals surface area (Å²) in [5, 5.41) is 11.3. The summed E-state index contributed by atoms with van der Waals surface area (Å²) in [5.41, 5.74) is 1.11. The highest BCUT2D eigenvalue weighted by Gasteiger charge is 2.36. The van der Waals surface area contributed by atoms with Crippen LogP contribution in [-0.4, -0.2) is 44.1 Å². The molecule has 1 saturated heterocycles. The third-order valence-corrected chi connectivity index (χ3v) is 3.83. The second-order valence-electron chi connectivity index (χ2n) is 4.68. The average Bonchev–Trinajstić information content (AvgIpc) is 2.89. The molecule has 2 heterocycles. The summed E-state index contributed by atoms with van der Waals surface area (Å²) in [7, 11) is 0. The highest BCUT2D eigenvalue weighted by atomic mass is 79.9. The lowest BCUT2D eigenvalue weighted by molar-refractivity contribution is -0.122. The molecule has 1 N–H and O–H groups in total. The Morgan fingerprint density at radius 2 is 2.19 bits per heavy atom. The summed E-state index contributed by atoms with van der Waals surface area (Å²) in [6.07, 6.45) is 3.91. The second kappa shape index (κ2) is 5.88. The van der Waals surface area contributed by atoms with Crippen LogP contribution in [0.2, 0.25) is 0 Å². The second-order valence-corrected chi connectivity index (χ2v) is 5.60. The van der Waals surface area contributed by atoms with Crippen molar-refractivity contribution in [2.45, 2.75) is 6.17 Å². The van der Waals surface area contributed by atoms with E-state index in [9.17, 15) is 10.0 Å². The Morgan fingerprint density at radius 1 is 1.33 bits per heavy atom. The summed E-state index contributed by atoms with van der Waals surface area (Å²) in [6, 6.07) is 7.53. The van der Waals surface area contributed by atoms with E-state index >= 15 is 0 Å². The van der Waals surface area contributed by atoms with Crippen LogP contribution in [0.25, 0.3) is 0 Å². The number of aromatic nitrogens is 2. The van der Waals surface area contributed by atoms with Crippen molar-refractivity contribution in [3.8, 4) is 0 Å². The van der Waals surface area contributed by atoms with E-state index in [4.69, 9.17) is 0 Å². The van der Waals surface area contributed by atoms with E-state index in [1.54, 1.807) is 4.90 Å². The molecule has 1 unspecified atom stereocenters. The van der Waals surface area contributed by atoms with Crippen molar-refractivity contribution in [2.24, 2.45) is 0 Å². The largest absolute Gasteiger partial charge is 0.314 e. The van der Waals surface area contributed by atoms with Gasteiger partial charge in [0, 0.05) is 30.0 Å². The molecule has 1 aromatic heterocycles. The summed E-state index contributed by atoms with van der Waals surface area (Å²) < 4.78 is 0.896. The number of hydroxylamine groups is 2. The first-order valence-corrected chi connectivity index (χ1v) is 7.24. The van der Waals surface area contributed by atoms with Crippen LogP contribution >= 0.6 is 15.9 Å². The van der Waals surface area contributed by atoms with Crippen LogP contribution in [0.5, 0.6) is 0 Å². The van der Waals surface area contributed by atoms with Crippen LogP contribution in [0.15, 0.2) is 47.3 Å². The zero-order valence-corrected chi connectivity index (χ0v) is 12.6. The molecule has 2 aromatic rings. The molecular formula is C14H13BrN4O2. The van der Waals surface area contributed by atoms with Crippen molar-refractivity contribution < 1.29 is 10.0 Å². The lowest BCUT2D eigenvalue weighted by Gasteiger charge is -2.27. The fraction of sp³-hybridized carbons (Fsp3) is 0.214. The summed E-state index contributed by atoms with van der Waals surface area (Å²) >= 11 is 3.41. The topological polar surface area (TPSA) is 69.6 Å². The molecule has 1 fully saturated rings. The zero-order valence-electron chi connectivity index (χ0n) is 11.1. The molecule has 0 spiro atoms. The minimum absolute atomic E-state index is 0.246. The monoisotopic (exact) mass is 348 g/mol. The summed E-state index contributed by atoms with van der Waals surface area (Å²) in [5.74, 6) is -0.246. The molecule has 1 amide bonds. The molecular weight excluding hydrogens is 336 g/mol. The molecule has 0 aliphatic carbocycles. The number of hydrogen-bond donors (Lipinski definition) is 1. The quantitative estimate of drug-likeness (QED) is 0.899. The van der Waals surface area contributed by atoms with Gasteiger partial charge >= 0.3 is 0 Å². The Kier molecular flexibility index (Phi) is 3.96. The Labute approximate surface area is 130 Å². The van der Waals surface area contributed by atoms with E-state index in [1.165, 1.54) is 18.6 Å². The Hall–Kier alpha value is -1.83. The van der Waals surface area contributed by atoms with Crippen LogP contribution in [0.1, 0.15) is 22.2 Å². The van der Waals surface area contributed by atoms with E-state index in [0.717, 1.165) is 15.1 Å². The van der Waals surface area contributed by atoms with Gasteiger partial charge in [-0.15, -0.1) is 0 Å². The molecule has 3 rings (SSSR count). The minimum atomic E-state index is -0.517. The van der Waals surface area contributed by atoms with Crippen molar-refractivity contribution in [3.63, 3.8) is 0 Å². The molecule has 0 bridgehead atoms. The molecule has 108 valence electrons. The number of amides is 1. The van der Waals surface area contributed by atoms with Gasteiger partial charge in [-0.1, -0.05) is 28.1 Å². The Morgan fingerprint density at radius 3 is 2.90 bits per heavy atom. The van der Waals surface area contributed by atoms with Crippen LogP contribution in [0.4, 0.5) is 0 Å². The third-order valence-electron chi connectivity index (χ3n) is 3.34. The van der Waals surface area contributed by atoms with Crippen molar-refractivity contribution in [1.82, 2.24) is 19.9 Å². The predicted molar refractivity (Wildman–Crippen MR) is 78.4 cm³/mol. The van der Waals surface area contributed by atoms with Gasteiger partial charge in [-0.3, -0.25) is 9.78 Å². The predicted octanol–water partition coefficient (Wildman–Crippen LogP) is 2.08. The number of nitrogens with zero attached hydrogens (tertiary/aromatic N) is 4. The van der Waals surface area contributed by atoms with Gasteiger partial charge in [0.05, 0.1) is 6.20 Å². The van der Waals surface area contributed by atoms with Gasteiger partial charge in [0.15, 0.2) is 0 Å². The standard InChI is InChI=1S/C14H13BrN4O2/c15-11-3-1-2-10(8-11)13-18(6-7-19(13)21)14(20)12-9-16-4-5-17-12/h1-5,8-9,13,21H,6-7H2. The fourth-order valence-corrected chi connectivity index (χ4v) is 2.82. The van der Waals surface area contributed by atoms with Gasteiger partial charge in [-0.05, 0) is 17.7 Å². The number of benzene rings is 1. The number of rotatable bonds is 2. The lowest BCUT2D eigenvalue weighted by atomic mass is 10.1. The normalized spacial score (nSPS) is 19.0. The van der Waals surface area contributed by atoms with E-state index < -0.39 is 6.17 Å². The minimum Gasteiger partial charge on any atom is -0.314 e. The highest BCUT2D eigenvalue weighted by molar-refractivity contribution is 9.10. The van der Waals surface area contributed by atoms with E-state index in [2.05, 4.69) is 25.9 Å². The Balaban J connectivity index is 1.93. The molecule has 6 nitrogen and oxygen atoms in total. The number of carbonyl (C=O) groups excluding carboxylic acids is 1. The molecule has 1 aliphatic rings. The average molecular weight is 349 g/mol. The van der Waals surface area contributed by atoms with Crippen molar-refractivity contribution in [2.75, 3.05) is 13.1 Å². The van der Waals surface area contributed by atoms with Crippen LogP contribution in [0.3, 0.4) is 0 Å². The molecule has 0 radical (unpaired) electrons. The third kappa shape index (κ3) is 2.80. The van der Waals surface area contributed by atoms with Crippen LogP contribution in [-0.2, 0) is 0 Å². The highest BCUT2D eigenvalue weighted by Crippen LogP contribution is 2.30. The molecule has 7 heteroatoms. The van der Waals surface area contributed by atoms with Crippen LogP contribution in [0, 0.1) is 0 Å². The zero-order chi connectivity index (χ0) is 14.8. The maximum atomic E-state index is 12.5. The molecule has 0 saturated carbocycles. The van der Waals surface area contributed by atoms with E-state index in [-0.39, 0.29) is 11.6 Å². The van der Waals surface area contributed by atoms with Crippen molar-refractivity contribution in [1.29, 1.82) is 0 Å². The molecule has 1 aromatic carbocycles. The van der Waals surface area contributed by atoms with Crippen LogP contribution < -0.4 is 0 Å². The lowest BCUT2D eigenvalue weighted by Crippen LogP contribution is -2.34. The summed E-state index contributed by atoms with van der Waals surface area (Å²) in [6.45, 7) is 0.826. The molecule has 21 heavy (non-hydrogen) atoms. The number of halogens is 1. The molecule has 1 aliphatic heterocycles. The fourth-order valence-electron chi connectivity index (χ4n) is 2.40. The SMILES string of the molecule is O=C(c1cnccn1)N1CCN(O)C1c1cccc(Br)c1. The van der Waals surface area contributed by atoms with Gasteiger partial charge in [0.1, 0.15) is 11.9 Å². The van der Waals surface area contributed by atoms with Gasteiger partial charge in [0.25, 0.3) is 5.91 Å². The van der Waals surface area contributed by atoms with Crippen molar-refractivity contribution >= 4 is 21.8 Å².